The molecule has 2 aliphatic carbocycles. The average Bonchev–Trinajstić information content (AvgIpc) is 3.05. The molecule has 2 saturated carbocycles. The molecule has 1 aliphatic heterocycles. The van der Waals surface area contributed by atoms with Crippen LogP contribution in [0.15, 0.2) is 0 Å². The van der Waals surface area contributed by atoms with Crippen molar-refractivity contribution in [3.63, 3.8) is 0 Å². The van der Waals surface area contributed by atoms with Crippen molar-refractivity contribution in [2.45, 2.75) is 77.1 Å². The lowest BCUT2D eigenvalue weighted by molar-refractivity contribution is -0.143. The van der Waals surface area contributed by atoms with E-state index in [-0.39, 0.29) is 18.3 Å². The lowest BCUT2D eigenvalue weighted by atomic mass is 9.79. The van der Waals surface area contributed by atoms with E-state index in [0.717, 1.165) is 31.6 Å². The van der Waals surface area contributed by atoms with Gasteiger partial charge in [-0.15, -0.1) is 0 Å². The molecule has 0 radical (unpaired) electrons. The van der Waals surface area contributed by atoms with Gasteiger partial charge in [0.25, 0.3) is 0 Å². The lowest BCUT2D eigenvalue weighted by Gasteiger charge is -2.32. The van der Waals surface area contributed by atoms with E-state index in [1.165, 1.54) is 32.1 Å². The number of carboxylic acids is 1. The van der Waals surface area contributed by atoms with Crippen molar-refractivity contribution in [3.8, 4) is 0 Å². The van der Waals surface area contributed by atoms with E-state index >= 15 is 0 Å². The second-order valence-electron chi connectivity index (χ2n) is 7.45. The topological polar surface area (TPSA) is 70.6 Å². The van der Waals surface area contributed by atoms with Crippen LogP contribution in [0.2, 0.25) is 0 Å². The van der Waals surface area contributed by atoms with Crippen LogP contribution in [0.3, 0.4) is 0 Å². The van der Waals surface area contributed by atoms with Gasteiger partial charge in [0.05, 0.1) is 12.1 Å². The average molecular weight is 310 g/mol. The third-order valence-electron chi connectivity index (χ3n) is 6.10. The van der Waals surface area contributed by atoms with Gasteiger partial charge in [0, 0.05) is 5.92 Å². The van der Waals surface area contributed by atoms with Crippen LogP contribution in [-0.4, -0.2) is 23.5 Å². The Morgan fingerprint density at radius 1 is 1.14 bits per heavy atom. The molecule has 1 saturated heterocycles. The van der Waals surface area contributed by atoms with Crippen molar-refractivity contribution >= 4 is 5.97 Å². The zero-order valence-corrected chi connectivity index (χ0v) is 13.6. The monoisotopic (exact) mass is 310 g/mol. The minimum atomic E-state index is -0.641. The van der Waals surface area contributed by atoms with E-state index in [1.807, 2.05) is 0 Å². The number of aliphatic carboxylic acids is 1. The van der Waals surface area contributed by atoms with Crippen LogP contribution in [-0.2, 0) is 9.63 Å². The first-order valence-corrected chi connectivity index (χ1v) is 9.07. The van der Waals surface area contributed by atoms with Gasteiger partial charge in [0.15, 0.2) is 0 Å². The molecule has 1 heterocycles. The molecular formula is C17H30N2O3. The van der Waals surface area contributed by atoms with Crippen molar-refractivity contribution < 1.29 is 14.7 Å². The van der Waals surface area contributed by atoms with E-state index in [1.54, 1.807) is 0 Å². The molecule has 3 fully saturated rings. The molecule has 4 atom stereocenters. The zero-order valence-electron chi connectivity index (χ0n) is 13.6. The maximum atomic E-state index is 11.2. The minimum absolute atomic E-state index is 0.105. The van der Waals surface area contributed by atoms with Crippen LogP contribution in [0.4, 0.5) is 0 Å². The first kappa shape index (κ1) is 16.2. The molecule has 4 unspecified atom stereocenters. The van der Waals surface area contributed by atoms with Gasteiger partial charge in [-0.05, 0) is 43.9 Å². The van der Waals surface area contributed by atoms with Crippen molar-refractivity contribution in [2.24, 2.45) is 23.7 Å². The van der Waals surface area contributed by atoms with E-state index < -0.39 is 5.97 Å². The summed E-state index contributed by atoms with van der Waals surface area (Å²) in [6.45, 7) is 2.29. The van der Waals surface area contributed by atoms with Gasteiger partial charge in [-0.2, -0.15) is 5.48 Å². The van der Waals surface area contributed by atoms with E-state index in [0.29, 0.717) is 11.8 Å². The Balaban J connectivity index is 1.49. The number of nitrogens with one attached hydrogen (secondary N) is 2. The highest BCUT2D eigenvalue weighted by atomic mass is 16.7. The molecule has 3 N–H and O–H groups in total. The number of carboxylic acid groups (broad SMARTS) is 1. The summed E-state index contributed by atoms with van der Waals surface area (Å²) in [7, 11) is 0. The number of carbonyl (C=O) groups is 1. The highest BCUT2D eigenvalue weighted by Gasteiger charge is 2.39. The molecule has 5 heteroatoms. The van der Waals surface area contributed by atoms with Gasteiger partial charge in [-0.25, -0.2) is 0 Å². The number of rotatable bonds is 4. The Bertz CT molecular complexity index is 382. The molecule has 0 bridgehead atoms. The summed E-state index contributed by atoms with van der Waals surface area (Å²) < 4.78 is 0. The fourth-order valence-corrected chi connectivity index (χ4v) is 4.51. The molecule has 5 nitrogen and oxygen atoms in total. The lowest BCUT2D eigenvalue weighted by Crippen LogP contribution is -2.44. The number of hydrogen-bond donors (Lipinski definition) is 3. The van der Waals surface area contributed by atoms with Gasteiger partial charge in [0.1, 0.15) is 6.23 Å². The molecule has 3 aliphatic rings. The van der Waals surface area contributed by atoms with Crippen LogP contribution in [0.5, 0.6) is 0 Å². The van der Waals surface area contributed by atoms with E-state index in [4.69, 9.17) is 4.84 Å². The molecular weight excluding hydrogens is 280 g/mol. The predicted molar refractivity (Wildman–Crippen MR) is 83.8 cm³/mol. The summed E-state index contributed by atoms with van der Waals surface area (Å²) >= 11 is 0. The van der Waals surface area contributed by atoms with Crippen molar-refractivity contribution in [1.29, 1.82) is 0 Å². The number of hydroxylamine groups is 1. The summed E-state index contributed by atoms with van der Waals surface area (Å²) in [6, 6.07) is 0. The summed E-state index contributed by atoms with van der Waals surface area (Å²) in [6.07, 6.45) is 10.3. The summed E-state index contributed by atoms with van der Waals surface area (Å²) in [5, 5.41) is 12.8. The second kappa shape index (κ2) is 7.28. The molecule has 0 aromatic heterocycles. The third kappa shape index (κ3) is 3.63. The maximum Gasteiger partial charge on any atom is 0.306 e. The van der Waals surface area contributed by atoms with Crippen LogP contribution < -0.4 is 10.8 Å². The molecule has 0 aromatic carbocycles. The van der Waals surface area contributed by atoms with Gasteiger partial charge in [0.2, 0.25) is 0 Å². The highest BCUT2D eigenvalue weighted by molar-refractivity contribution is 5.70. The smallest absolute Gasteiger partial charge is 0.306 e. The normalized spacial score (nSPS) is 43.1. The first-order chi connectivity index (χ1) is 10.7. The Labute approximate surface area is 133 Å². The van der Waals surface area contributed by atoms with Crippen molar-refractivity contribution in [3.05, 3.63) is 0 Å². The van der Waals surface area contributed by atoms with E-state index in [2.05, 4.69) is 17.7 Å². The zero-order chi connectivity index (χ0) is 15.5. The Morgan fingerprint density at radius 2 is 1.91 bits per heavy atom. The third-order valence-corrected chi connectivity index (χ3v) is 6.10. The Morgan fingerprint density at radius 3 is 2.59 bits per heavy atom. The van der Waals surface area contributed by atoms with Gasteiger partial charge >= 0.3 is 5.97 Å². The summed E-state index contributed by atoms with van der Waals surface area (Å²) in [4.78, 5) is 17.0. The summed E-state index contributed by atoms with van der Waals surface area (Å²) in [5.74, 6) is 1.04. The van der Waals surface area contributed by atoms with E-state index in [9.17, 15) is 9.90 Å². The SMILES string of the molecule is CCC1CCC(C2NC(C3CCCC(C(=O)O)C3)NO2)CC1. The number of hydrogen-bond acceptors (Lipinski definition) is 4. The van der Waals surface area contributed by atoms with Gasteiger partial charge in [-0.3, -0.25) is 14.9 Å². The minimum Gasteiger partial charge on any atom is -0.481 e. The quantitative estimate of drug-likeness (QED) is 0.745. The van der Waals surface area contributed by atoms with Gasteiger partial charge in [-0.1, -0.05) is 32.6 Å². The molecule has 3 rings (SSSR count). The molecule has 22 heavy (non-hydrogen) atoms. The molecule has 0 spiro atoms. The standard InChI is InChI=1S/C17H30N2O3/c1-2-11-6-8-12(9-7-11)16-18-15(19-22-16)13-4-3-5-14(10-13)17(20)21/h11-16,18-19H,2-10H2,1H3,(H,20,21). The van der Waals surface area contributed by atoms with Crippen LogP contribution in [0.1, 0.15) is 64.7 Å². The Hall–Kier alpha value is -0.650. The second-order valence-corrected chi connectivity index (χ2v) is 7.45. The molecule has 0 amide bonds. The van der Waals surface area contributed by atoms with Gasteiger partial charge < -0.3 is 5.11 Å². The molecule has 0 aromatic rings. The Kier molecular flexibility index (Phi) is 5.37. The van der Waals surface area contributed by atoms with Crippen molar-refractivity contribution in [2.75, 3.05) is 0 Å². The highest BCUT2D eigenvalue weighted by Crippen LogP contribution is 2.36. The fraction of sp³-hybridized carbons (Fsp3) is 0.941. The predicted octanol–water partition coefficient (Wildman–Crippen LogP) is 2.87. The van der Waals surface area contributed by atoms with Crippen LogP contribution in [0.25, 0.3) is 0 Å². The van der Waals surface area contributed by atoms with Crippen LogP contribution in [0, 0.1) is 23.7 Å². The van der Waals surface area contributed by atoms with Crippen molar-refractivity contribution in [1.82, 2.24) is 10.8 Å². The first-order valence-electron chi connectivity index (χ1n) is 9.07. The molecule has 126 valence electrons. The summed E-state index contributed by atoms with van der Waals surface area (Å²) in [5.41, 5.74) is 3.15. The maximum absolute atomic E-state index is 11.2. The fourth-order valence-electron chi connectivity index (χ4n) is 4.51. The largest absolute Gasteiger partial charge is 0.481 e. The van der Waals surface area contributed by atoms with Crippen LogP contribution >= 0.6 is 0 Å².